The van der Waals surface area contributed by atoms with E-state index in [1.807, 2.05) is 24.3 Å². The first-order valence-corrected chi connectivity index (χ1v) is 6.01. The zero-order valence-electron chi connectivity index (χ0n) is 7.99. The molecular formula is C10H7BrN2O2S. The Morgan fingerprint density at radius 2 is 1.81 bits per heavy atom. The van der Waals surface area contributed by atoms with Gasteiger partial charge in [0, 0.05) is 15.6 Å². The van der Waals surface area contributed by atoms with Crippen LogP contribution in [0.3, 0.4) is 0 Å². The van der Waals surface area contributed by atoms with Crippen molar-refractivity contribution in [1.29, 1.82) is 0 Å². The highest BCUT2D eigenvalue weighted by atomic mass is 79.9. The number of hydrogen-bond acceptors (Lipinski definition) is 3. The van der Waals surface area contributed by atoms with Gasteiger partial charge in [0.05, 0.1) is 4.90 Å². The van der Waals surface area contributed by atoms with Gasteiger partial charge in [-0.25, -0.2) is 4.79 Å². The number of H-pyrrole nitrogens is 2. The molecule has 16 heavy (non-hydrogen) atoms. The molecular weight excluding hydrogens is 292 g/mol. The van der Waals surface area contributed by atoms with E-state index >= 15 is 0 Å². The molecule has 6 heteroatoms. The summed E-state index contributed by atoms with van der Waals surface area (Å²) in [5.74, 6) is 0. The third-order valence-electron chi connectivity index (χ3n) is 1.83. The van der Waals surface area contributed by atoms with Gasteiger partial charge in [0.15, 0.2) is 0 Å². The van der Waals surface area contributed by atoms with Crippen LogP contribution in [0.15, 0.2) is 54.3 Å². The number of rotatable bonds is 2. The van der Waals surface area contributed by atoms with Crippen molar-refractivity contribution in [2.45, 2.75) is 9.79 Å². The first-order valence-electron chi connectivity index (χ1n) is 4.40. The lowest BCUT2D eigenvalue weighted by Crippen LogP contribution is -2.22. The number of benzene rings is 1. The first kappa shape index (κ1) is 11.2. The van der Waals surface area contributed by atoms with Crippen LogP contribution in [0.4, 0.5) is 0 Å². The summed E-state index contributed by atoms with van der Waals surface area (Å²) in [6.07, 6.45) is 1.41. The van der Waals surface area contributed by atoms with Crippen molar-refractivity contribution in [3.05, 3.63) is 55.8 Å². The van der Waals surface area contributed by atoms with Crippen LogP contribution in [0.1, 0.15) is 0 Å². The highest BCUT2D eigenvalue weighted by Gasteiger charge is 2.02. The molecule has 0 unspecified atom stereocenters. The molecule has 0 bridgehead atoms. The maximum atomic E-state index is 11.4. The van der Waals surface area contributed by atoms with Crippen molar-refractivity contribution < 1.29 is 0 Å². The van der Waals surface area contributed by atoms with E-state index in [0.29, 0.717) is 4.90 Å². The molecule has 0 atom stereocenters. The summed E-state index contributed by atoms with van der Waals surface area (Å²) in [4.78, 5) is 28.2. The second-order valence-corrected chi connectivity index (χ2v) is 5.02. The van der Waals surface area contributed by atoms with Crippen LogP contribution < -0.4 is 11.2 Å². The molecule has 2 N–H and O–H groups in total. The van der Waals surface area contributed by atoms with Crippen LogP contribution in [-0.2, 0) is 0 Å². The fourth-order valence-corrected chi connectivity index (χ4v) is 2.15. The SMILES string of the molecule is O=c1[nH]cc(Sc2ccc(Br)cc2)c(=O)[nH]1. The fourth-order valence-electron chi connectivity index (χ4n) is 1.10. The van der Waals surface area contributed by atoms with Gasteiger partial charge >= 0.3 is 5.69 Å². The van der Waals surface area contributed by atoms with Gasteiger partial charge in [0.1, 0.15) is 0 Å². The van der Waals surface area contributed by atoms with E-state index in [1.54, 1.807) is 0 Å². The number of hydrogen-bond donors (Lipinski definition) is 2. The minimum Gasteiger partial charge on any atom is -0.313 e. The van der Waals surface area contributed by atoms with Gasteiger partial charge in [0.25, 0.3) is 5.56 Å². The third-order valence-corrected chi connectivity index (χ3v) is 3.39. The molecule has 0 radical (unpaired) electrons. The Morgan fingerprint density at radius 3 is 2.44 bits per heavy atom. The molecule has 82 valence electrons. The Balaban J connectivity index is 2.30. The van der Waals surface area contributed by atoms with Gasteiger partial charge in [-0.15, -0.1) is 0 Å². The summed E-state index contributed by atoms with van der Waals surface area (Å²) in [5.41, 5.74) is -0.873. The van der Waals surface area contributed by atoms with Gasteiger partial charge in [-0.05, 0) is 24.3 Å². The van der Waals surface area contributed by atoms with Crippen molar-refractivity contribution in [2.75, 3.05) is 0 Å². The molecule has 0 spiro atoms. The van der Waals surface area contributed by atoms with Crippen LogP contribution in [0.5, 0.6) is 0 Å². The number of aromatic amines is 2. The molecule has 1 aromatic carbocycles. The standard InChI is InChI=1S/C10H7BrN2O2S/c11-6-1-3-7(4-2-6)16-8-5-12-10(15)13-9(8)14/h1-5H,(H2,12,13,14,15). The zero-order chi connectivity index (χ0) is 11.5. The Morgan fingerprint density at radius 1 is 1.12 bits per heavy atom. The van der Waals surface area contributed by atoms with Crippen LogP contribution in [0.2, 0.25) is 0 Å². The van der Waals surface area contributed by atoms with E-state index in [-0.39, 0.29) is 5.56 Å². The van der Waals surface area contributed by atoms with E-state index in [4.69, 9.17) is 0 Å². The van der Waals surface area contributed by atoms with E-state index in [1.165, 1.54) is 18.0 Å². The lowest BCUT2D eigenvalue weighted by atomic mass is 10.4. The summed E-state index contributed by atoms with van der Waals surface area (Å²) < 4.78 is 0.979. The van der Waals surface area contributed by atoms with Crippen molar-refractivity contribution in [3.63, 3.8) is 0 Å². The third kappa shape index (κ3) is 2.65. The molecule has 0 aliphatic heterocycles. The number of nitrogens with one attached hydrogen (secondary N) is 2. The molecule has 0 aliphatic carbocycles. The van der Waals surface area contributed by atoms with Gasteiger partial charge in [0.2, 0.25) is 0 Å². The molecule has 1 aromatic heterocycles. The summed E-state index contributed by atoms with van der Waals surface area (Å²) >= 11 is 4.63. The predicted molar refractivity (Wildman–Crippen MR) is 65.9 cm³/mol. The Hall–Kier alpha value is -1.27. The van der Waals surface area contributed by atoms with E-state index in [0.717, 1.165) is 9.37 Å². The van der Waals surface area contributed by atoms with E-state index in [2.05, 4.69) is 25.9 Å². The monoisotopic (exact) mass is 298 g/mol. The largest absolute Gasteiger partial charge is 0.325 e. The highest BCUT2D eigenvalue weighted by Crippen LogP contribution is 2.25. The average molecular weight is 299 g/mol. The Bertz CT molecular complexity index is 603. The minimum atomic E-state index is -0.495. The van der Waals surface area contributed by atoms with Crippen molar-refractivity contribution in [3.8, 4) is 0 Å². The fraction of sp³-hybridized carbons (Fsp3) is 0. The predicted octanol–water partition coefficient (Wildman–Crippen LogP) is 1.98. The second kappa shape index (κ2) is 4.71. The summed E-state index contributed by atoms with van der Waals surface area (Å²) in [5, 5.41) is 0. The lowest BCUT2D eigenvalue weighted by molar-refractivity contribution is 0.976. The smallest absolute Gasteiger partial charge is 0.313 e. The molecule has 4 nitrogen and oxygen atoms in total. The highest BCUT2D eigenvalue weighted by molar-refractivity contribution is 9.10. The normalized spacial score (nSPS) is 10.3. The first-order chi connectivity index (χ1) is 7.65. The maximum Gasteiger partial charge on any atom is 0.325 e. The van der Waals surface area contributed by atoms with Crippen molar-refractivity contribution >= 4 is 27.7 Å². The topological polar surface area (TPSA) is 65.7 Å². The molecule has 0 amide bonds. The summed E-state index contributed by atoms with van der Waals surface area (Å²) in [6.45, 7) is 0. The molecule has 0 saturated heterocycles. The van der Waals surface area contributed by atoms with Gasteiger partial charge in [-0.3, -0.25) is 9.78 Å². The van der Waals surface area contributed by atoms with Crippen molar-refractivity contribution in [2.24, 2.45) is 0 Å². The van der Waals surface area contributed by atoms with Crippen LogP contribution >= 0.6 is 27.7 Å². The molecule has 1 heterocycles. The molecule has 2 rings (SSSR count). The van der Waals surface area contributed by atoms with Gasteiger partial charge in [-0.2, -0.15) is 0 Å². The summed E-state index contributed by atoms with van der Waals surface area (Å²) in [7, 11) is 0. The lowest BCUT2D eigenvalue weighted by Gasteiger charge is -1.99. The number of aromatic nitrogens is 2. The van der Waals surface area contributed by atoms with Crippen LogP contribution in [-0.4, -0.2) is 9.97 Å². The Labute approximate surface area is 103 Å². The molecule has 0 saturated carbocycles. The quantitative estimate of drug-likeness (QED) is 0.891. The van der Waals surface area contributed by atoms with Crippen LogP contribution in [0.25, 0.3) is 0 Å². The number of halogens is 1. The van der Waals surface area contributed by atoms with E-state index in [9.17, 15) is 9.59 Å². The van der Waals surface area contributed by atoms with Crippen molar-refractivity contribution in [1.82, 2.24) is 9.97 Å². The second-order valence-electron chi connectivity index (χ2n) is 2.99. The maximum absolute atomic E-state index is 11.4. The Kier molecular flexibility index (Phi) is 3.31. The molecule has 0 fully saturated rings. The average Bonchev–Trinajstić information content (AvgIpc) is 2.25. The van der Waals surface area contributed by atoms with E-state index < -0.39 is 5.69 Å². The zero-order valence-corrected chi connectivity index (χ0v) is 10.4. The van der Waals surface area contributed by atoms with Gasteiger partial charge in [-0.1, -0.05) is 27.7 Å². The summed E-state index contributed by atoms with van der Waals surface area (Å²) in [6, 6.07) is 7.56. The van der Waals surface area contributed by atoms with Crippen LogP contribution in [0, 0.1) is 0 Å². The minimum absolute atomic E-state index is 0.378. The van der Waals surface area contributed by atoms with Gasteiger partial charge < -0.3 is 4.98 Å². The molecule has 0 aliphatic rings. The molecule has 2 aromatic rings.